The van der Waals surface area contributed by atoms with Crippen LogP contribution in [0.15, 0.2) is 18.2 Å². The molecular formula is C14H16O4. The topological polar surface area (TPSA) is 55.8 Å². The molecule has 1 aromatic carbocycles. The number of hydrogen-bond donors (Lipinski definition) is 1. The van der Waals surface area contributed by atoms with E-state index < -0.39 is 5.97 Å². The van der Waals surface area contributed by atoms with Crippen LogP contribution in [-0.4, -0.2) is 17.9 Å². The minimum absolute atomic E-state index is 0.0792. The Balaban J connectivity index is 1.95. The summed E-state index contributed by atoms with van der Waals surface area (Å²) in [7, 11) is 0. The van der Waals surface area contributed by atoms with Gasteiger partial charge in [0.25, 0.3) is 0 Å². The van der Waals surface area contributed by atoms with Crippen molar-refractivity contribution in [3.05, 3.63) is 29.3 Å². The lowest BCUT2D eigenvalue weighted by molar-refractivity contribution is -0.137. The highest BCUT2D eigenvalue weighted by Crippen LogP contribution is 2.48. The monoisotopic (exact) mass is 248 g/mol. The maximum Gasteiger partial charge on any atom is 0.303 e. The maximum absolute atomic E-state index is 11.0. The number of carboxylic acids is 1. The summed E-state index contributed by atoms with van der Waals surface area (Å²) in [5, 5.41) is 9.06. The van der Waals surface area contributed by atoms with Crippen molar-refractivity contribution in [1.82, 2.24) is 0 Å². The van der Waals surface area contributed by atoms with Crippen molar-refractivity contribution in [3.8, 4) is 5.75 Å². The van der Waals surface area contributed by atoms with Crippen molar-refractivity contribution in [2.24, 2.45) is 5.92 Å². The molecule has 0 radical (unpaired) electrons. The zero-order chi connectivity index (χ0) is 12.5. The van der Waals surface area contributed by atoms with Gasteiger partial charge in [-0.25, -0.2) is 0 Å². The van der Waals surface area contributed by atoms with Gasteiger partial charge in [-0.3, -0.25) is 4.79 Å². The Morgan fingerprint density at radius 3 is 3.00 bits per heavy atom. The molecule has 1 heterocycles. The summed E-state index contributed by atoms with van der Waals surface area (Å²) in [6, 6.07) is 5.93. The average Bonchev–Trinajstić information content (AvgIpc) is 3.19. The van der Waals surface area contributed by atoms with Crippen LogP contribution in [0.25, 0.3) is 0 Å². The Bertz CT molecular complexity index is 465. The number of fused-ring (bicyclic) bond motifs is 1. The third kappa shape index (κ3) is 2.20. The van der Waals surface area contributed by atoms with E-state index in [1.54, 1.807) is 0 Å². The van der Waals surface area contributed by atoms with Crippen molar-refractivity contribution >= 4 is 5.97 Å². The number of rotatable bonds is 4. The van der Waals surface area contributed by atoms with Gasteiger partial charge < -0.3 is 14.6 Å². The molecule has 1 N–H and O–H groups in total. The van der Waals surface area contributed by atoms with Crippen molar-refractivity contribution in [3.63, 3.8) is 0 Å². The van der Waals surface area contributed by atoms with E-state index in [9.17, 15) is 4.79 Å². The first kappa shape index (κ1) is 11.5. The van der Waals surface area contributed by atoms with Crippen LogP contribution in [0.5, 0.6) is 5.75 Å². The molecule has 1 unspecified atom stereocenters. The smallest absolute Gasteiger partial charge is 0.303 e. The summed E-state index contributed by atoms with van der Waals surface area (Å²) in [6.45, 7) is 0.808. The normalized spacial score (nSPS) is 19.8. The first-order valence-corrected chi connectivity index (χ1v) is 6.30. The summed E-state index contributed by atoms with van der Waals surface area (Å²) < 4.78 is 10.8. The third-order valence-electron chi connectivity index (χ3n) is 3.66. The molecule has 96 valence electrons. The van der Waals surface area contributed by atoms with E-state index in [0.29, 0.717) is 12.5 Å². The molecule has 1 aliphatic carbocycles. The van der Waals surface area contributed by atoms with Crippen LogP contribution in [-0.2, 0) is 16.1 Å². The highest BCUT2D eigenvalue weighted by Gasteiger charge is 2.36. The van der Waals surface area contributed by atoms with Gasteiger partial charge >= 0.3 is 5.97 Å². The Hall–Kier alpha value is -1.55. The second kappa shape index (κ2) is 4.61. The summed E-state index contributed by atoms with van der Waals surface area (Å²) >= 11 is 0. The molecule has 1 aromatic rings. The zero-order valence-electron chi connectivity index (χ0n) is 10.1. The summed E-state index contributed by atoms with van der Waals surface area (Å²) in [5.41, 5.74) is 2.07. The fourth-order valence-electron chi connectivity index (χ4n) is 2.66. The van der Waals surface area contributed by atoms with E-state index in [2.05, 4.69) is 0 Å². The number of carboxylic acid groups (broad SMARTS) is 1. The van der Waals surface area contributed by atoms with Crippen LogP contribution in [0.2, 0.25) is 0 Å². The van der Waals surface area contributed by atoms with Gasteiger partial charge in [0.15, 0.2) is 6.79 Å². The van der Waals surface area contributed by atoms with Crippen molar-refractivity contribution in [2.75, 3.05) is 6.79 Å². The molecule has 1 aliphatic heterocycles. The molecule has 0 aromatic heterocycles. The van der Waals surface area contributed by atoms with Gasteiger partial charge in [-0.15, -0.1) is 0 Å². The van der Waals surface area contributed by atoms with Crippen LogP contribution in [0, 0.1) is 5.92 Å². The van der Waals surface area contributed by atoms with Crippen LogP contribution in [0.4, 0.5) is 0 Å². The molecule has 4 nitrogen and oxygen atoms in total. The molecule has 1 fully saturated rings. The first-order valence-electron chi connectivity index (χ1n) is 6.30. The van der Waals surface area contributed by atoms with Crippen molar-refractivity contribution in [1.29, 1.82) is 0 Å². The molecule has 0 saturated heterocycles. The van der Waals surface area contributed by atoms with Gasteiger partial charge in [-0.05, 0) is 24.3 Å². The number of benzene rings is 1. The molecule has 18 heavy (non-hydrogen) atoms. The van der Waals surface area contributed by atoms with Crippen molar-refractivity contribution < 1.29 is 19.4 Å². The number of ether oxygens (including phenoxy) is 2. The van der Waals surface area contributed by atoms with E-state index in [4.69, 9.17) is 14.6 Å². The van der Waals surface area contributed by atoms with Gasteiger partial charge in [0.1, 0.15) is 5.75 Å². The molecular weight excluding hydrogens is 232 g/mol. The van der Waals surface area contributed by atoms with E-state index in [-0.39, 0.29) is 19.1 Å². The summed E-state index contributed by atoms with van der Waals surface area (Å²) in [4.78, 5) is 11.0. The summed E-state index contributed by atoms with van der Waals surface area (Å²) in [6.07, 6.45) is 2.43. The van der Waals surface area contributed by atoms with Crippen molar-refractivity contribution in [2.45, 2.75) is 31.8 Å². The Kier molecular flexibility index (Phi) is 2.96. The minimum atomic E-state index is -0.739. The second-order valence-electron chi connectivity index (χ2n) is 4.99. The second-order valence-corrected chi connectivity index (χ2v) is 4.99. The Morgan fingerprint density at radius 1 is 1.44 bits per heavy atom. The van der Waals surface area contributed by atoms with Crippen LogP contribution in [0.1, 0.15) is 36.3 Å². The molecule has 4 heteroatoms. The SMILES string of the molecule is O=C(O)CC(c1cccc2c1OCOC2)C1CC1. The molecule has 0 bridgehead atoms. The van der Waals surface area contributed by atoms with E-state index >= 15 is 0 Å². The van der Waals surface area contributed by atoms with E-state index in [1.165, 1.54) is 0 Å². The predicted octanol–water partition coefficient (Wildman–Crippen LogP) is 2.52. The standard InChI is InChI=1S/C14H16O4/c15-13(16)6-12(9-4-5-9)11-3-1-2-10-7-17-8-18-14(10)11/h1-3,9,12H,4-8H2,(H,15,16). The molecule has 2 aliphatic rings. The average molecular weight is 248 g/mol. The van der Waals surface area contributed by atoms with E-state index in [0.717, 1.165) is 29.7 Å². The maximum atomic E-state index is 11.0. The number of para-hydroxylation sites is 1. The van der Waals surface area contributed by atoms with Gasteiger partial charge in [0, 0.05) is 11.5 Å². The molecule has 1 saturated carbocycles. The number of hydrogen-bond acceptors (Lipinski definition) is 3. The predicted molar refractivity (Wildman–Crippen MR) is 64.4 cm³/mol. The number of aliphatic carboxylic acids is 1. The lowest BCUT2D eigenvalue weighted by Gasteiger charge is -2.24. The Morgan fingerprint density at radius 2 is 2.28 bits per heavy atom. The fraction of sp³-hybridized carbons (Fsp3) is 0.500. The van der Waals surface area contributed by atoms with Gasteiger partial charge in [-0.1, -0.05) is 18.2 Å². The first-order chi connectivity index (χ1) is 8.75. The van der Waals surface area contributed by atoms with Crippen LogP contribution in [0.3, 0.4) is 0 Å². The molecule has 3 rings (SSSR count). The van der Waals surface area contributed by atoms with Crippen LogP contribution < -0.4 is 4.74 Å². The highest BCUT2D eigenvalue weighted by atomic mass is 16.7. The lowest BCUT2D eigenvalue weighted by Crippen LogP contribution is -2.16. The minimum Gasteiger partial charge on any atom is -0.481 e. The molecule has 1 atom stereocenters. The quantitative estimate of drug-likeness (QED) is 0.889. The lowest BCUT2D eigenvalue weighted by atomic mass is 9.89. The highest BCUT2D eigenvalue weighted by molar-refractivity contribution is 5.68. The van der Waals surface area contributed by atoms with Crippen LogP contribution >= 0.6 is 0 Å². The van der Waals surface area contributed by atoms with Gasteiger partial charge in [0.2, 0.25) is 0 Å². The van der Waals surface area contributed by atoms with E-state index in [1.807, 2.05) is 18.2 Å². The third-order valence-corrected chi connectivity index (χ3v) is 3.66. The number of carbonyl (C=O) groups is 1. The van der Waals surface area contributed by atoms with Gasteiger partial charge in [-0.2, -0.15) is 0 Å². The zero-order valence-corrected chi connectivity index (χ0v) is 10.1. The molecule has 0 spiro atoms. The molecule has 0 amide bonds. The Labute approximate surface area is 106 Å². The summed E-state index contributed by atoms with van der Waals surface area (Å²) in [5.74, 6) is 0.688. The largest absolute Gasteiger partial charge is 0.481 e. The van der Waals surface area contributed by atoms with Gasteiger partial charge in [0.05, 0.1) is 13.0 Å². The fourth-order valence-corrected chi connectivity index (χ4v) is 2.66.